The second-order valence-electron chi connectivity index (χ2n) is 4.91. The van der Waals surface area contributed by atoms with Crippen molar-refractivity contribution in [3.8, 4) is 11.5 Å². The quantitative estimate of drug-likeness (QED) is 0.399. The highest BCUT2D eigenvalue weighted by Gasteiger charge is 2.18. The summed E-state index contributed by atoms with van der Waals surface area (Å²) in [6.07, 6.45) is 3.26. The molecule has 0 spiro atoms. The number of Topliss-reactive ketones (excluding diaryl/α,β-unsaturated/α-hetero) is 2. The number of carbonyl (C=O) groups is 2. The van der Waals surface area contributed by atoms with E-state index in [4.69, 9.17) is 9.47 Å². The Bertz CT molecular complexity index is 662. The van der Waals surface area contributed by atoms with Gasteiger partial charge >= 0.3 is 0 Å². The van der Waals surface area contributed by atoms with E-state index in [9.17, 15) is 9.59 Å². The van der Waals surface area contributed by atoms with Crippen molar-refractivity contribution in [2.75, 3.05) is 13.2 Å². The van der Waals surface area contributed by atoms with Gasteiger partial charge in [-0.1, -0.05) is 25.3 Å². The Hall–Kier alpha value is -3.14. The number of rotatable bonds is 9. The molecule has 0 radical (unpaired) electrons. The topological polar surface area (TPSA) is 52.6 Å². The van der Waals surface area contributed by atoms with E-state index in [-0.39, 0.29) is 0 Å². The van der Waals surface area contributed by atoms with Crippen molar-refractivity contribution in [1.29, 1.82) is 0 Å². The molecule has 2 rings (SSSR count). The summed E-state index contributed by atoms with van der Waals surface area (Å²) in [5, 5.41) is 0. The Balaban J connectivity index is 2.06. The molecule has 2 aromatic rings. The molecule has 0 aliphatic heterocycles. The third-order valence-corrected chi connectivity index (χ3v) is 3.17. The molecule has 0 heterocycles. The summed E-state index contributed by atoms with van der Waals surface area (Å²) < 4.78 is 10.7. The van der Waals surface area contributed by atoms with Crippen LogP contribution in [0, 0.1) is 0 Å². The van der Waals surface area contributed by atoms with E-state index in [2.05, 4.69) is 13.2 Å². The monoisotopic (exact) mass is 322 g/mol. The Morgan fingerprint density at radius 3 is 1.33 bits per heavy atom. The molecular formula is C20H18O4. The molecule has 0 aliphatic carbocycles. The lowest BCUT2D eigenvalue weighted by atomic mass is 10.0. The Morgan fingerprint density at radius 2 is 1.04 bits per heavy atom. The van der Waals surface area contributed by atoms with Gasteiger partial charge in [-0.2, -0.15) is 0 Å². The maximum atomic E-state index is 12.3. The number of benzene rings is 2. The zero-order valence-electron chi connectivity index (χ0n) is 13.2. The van der Waals surface area contributed by atoms with Gasteiger partial charge in [-0.05, 0) is 48.5 Å². The van der Waals surface area contributed by atoms with Crippen molar-refractivity contribution in [3.05, 3.63) is 85.0 Å². The molecule has 0 fully saturated rings. The van der Waals surface area contributed by atoms with Crippen LogP contribution in [0.5, 0.6) is 11.5 Å². The van der Waals surface area contributed by atoms with Gasteiger partial charge in [0.25, 0.3) is 0 Å². The van der Waals surface area contributed by atoms with Crippen LogP contribution >= 0.6 is 0 Å². The lowest BCUT2D eigenvalue weighted by Crippen LogP contribution is -2.14. The predicted octanol–water partition coefficient (Wildman–Crippen LogP) is 3.88. The van der Waals surface area contributed by atoms with E-state index in [1.54, 1.807) is 60.7 Å². The molecule has 122 valence electrons. The average molecular weight is 322 g/mol. The molecule has 0 aromatic heterocycles. The molecule has 4 nitrogen and oxygen atoms in total. The van der Waals surface area contributed by atoms with Crippen molar-refractivity contribution in [3.63, 3.8) is 0 Å². The predicted molar refractivity (Wildman–Crippen MR) is 92.9 cm³/mol. The minimum atomic E-state index is -0.565. The molecule has 0 bridgehead atoms. The van der Waals surface area contributed by atoms with Gasteiger partial charge in [-0.3, -0.25) is 9.59 Å². The van der Waals surface area contributed by atoms with Gasteiger partial charge in [-0.25, -0.2) is 0 Å². The van der Waals surface area contributed by atoms with E-state index in [1.165, 1.54) is 0 Å². The molecule has 0 saturated carbocycles. The van der Waals surface area contributed by atoms with E-state index >= 15 is 0 Å². The molecule has 24 heavy (non-hydrogen) atoms. The first-order chi connectivity index (χ1) is 11.7. The van der Waals surface area contributed by atoms with Crippen LogP contribution in [-0.2, 0) is 0 Å². The highest BCUT2D eigenvalue weighted by atomic mass is 16.5. The van der Waals surface area contributed by atoms with E-state index in [1.807, 2.05) is 0 Å². The first-order valence-electron chi connectivity index (χ1n) is 7.42. The molecule has 0 unspecified atom stereocenters. The van der Waals surface area contributed by atoms with Crippen LogP contribution in [0.4, 0.5) is 0 Å². The van der Waals surface area contributed by atoms with Crippen LogP contribution < -0.4 is 9.47 Å². The molecule has 0 aliphatic rings. The highest BCUT2D eigenvalue weighted by molar-refractivity contribution is 6.49. The first kappa shape index (κ1) is 17.2. The smallest absolute Gasteiger partial charge is 0.233 e. The van der Waals surface area contributed by atoms with Crippen LogP contribution in [0.3, 0.4) is 0 Å². The fourth-order valence-electron chi connectivity index (χ4n) is 1.98. The Labute approximate surface area is 141 Å². The van der Waals surface area contributed by atoms with Gasteiger partial charge in [0.1, 0.15) is 24.7 Å². The number of hydrogen-bond donors (Lipinski definition) is 0. The first-order valence-corrected chi connectivity index (χ1v) is 7.42. The molecule has 0 saturated heterocycles. The zero-order chi connectivity index (χ0) is 17.4. The van der Waals surface area contributed by atoms with E-state index < -0.39 is 11.6 Å². The molecule has 4 heteroatoms. The van der Waals surface area contributed by atoms with E-state index in [0.717, 1.165) is 0 Å². The number of hydrogen-bond acceptors (Lipinski definition) is 4. The Kier molecular flexibility index (Phi) is 6.08. The number of ketones is 2. The van der Waals surface area contributed by atoms with Gasteiger partial charge in [0.15, 0.2) is 0 Å². The number of ether oxygens (including phenoxy) is 2. The highest BCUT2D eigenvalue weighted by Crippen LogP contribution is 2.16. The molecule has 0 atom stereocenters. The fraction of sp³-hybridized carbons (Fsp3) is 0.100. The maximum Gasteiger partial charge on any atom is 0.233 e. The van der Waals surface area contributed by atoms with Crippen molar-refractivity contribution in [2.45, 2.75) is 0 Å². The minimum Gasteiger partial charge on any atom is -0.490 e. The second kappa shape index (κ2) is 8.48. The molecule has 2 aromatic carbocycles. The summed E-state index contributed by atoms with van der Waals surface area (Å²) in [6.45, 7) is 7.89. The summed E-state index contributed by atoms with van der Waals surface area (Å²) in [5.74, 6) is 0.0975. The molecule has 0 N–H and O–H groups in total. The van der Waals surface area contributed by atoms with Gasteiger partial charge < -0.3 is 9.47 Å². The fourth-order valence-corrected chi connectivity index (χ4v) is 1.98. The second-order valence-corrected chi connectivity index (χ2v) is 4.91. The zero-order valence-corrected chi connectivity index (χ0v) is 13.2. The van der Waals surface area contributed by atoms with Crippen molar-refractivity contribution < 1.29 is 19.1 Å². The summed E-state index contributed by atoms with van der Waals surface area (Å²) in [5.41, 5.74) is 0.635. The third kappa shape index (κ3) is 4.43. The minimum absolute atomic E-state index is 0.318. The summed E-state index contributed by atoms with van der Waals surface area (Å²) in [7, 11) is 0. The van der Waals surface area contributed by atoms with Gasteiger partial charge in [0, 0.05) is 11.1 Å². The SMILES string of the molecule is C=CCOc1ccc(C(=O)C(=O)c2ccc(OCC=C)cc2)cc1. The average Bonchev–Trinajstić information content (AvgIpc) is 2.64. The third-order valence-electron chi connectivity index (χ3n) is 3.17. The lowest BCUT2D eigenvalue weighted by Gasteiger charge is -2.06. The van der Waals surface area contributed by atoms with Gasteiger partial charge in [-0.15, -0.1) is 0 Å². The van der Waals surface area contributed by atoms with Crippen LogP contribution in [0.25, 0.3) is 0 Å². The number of carbonyl (C=O) groups excluding carboxylic acids is 2. The lowest BCUT2D eigenvalue weighted by molar-refractivity contribution is 0.0817. The summed E-state index contributed by atoms with van der Waals surface area (Å²) >= 11 is 0. The van der Waals surface area contributed by atoms with Gasteiger partial charge in [0.05, 0.1) is 0 Å². The largest absolute Gasteiger partial charge is 0.490 e. The van der Waals surface area contributed by atoms with Crippen molar-refractivity contribution in [1.82, 2.24) is 0 Å². The van der Waals surface area contributed by atoms with Crippen molar-refractivity contribution in [2.24, 2.45) is 0 Å². The van der Waals surface area contributed by atoms with Crippen LogP contribution in [0.1, 0.15) is 20.7 Å². The molecular weight excluding hydrogens is 304 g/mol. The van der Waals surface area contributed by atoms with E-state index in [0.29, 0.717) is 35.8 Å². The van der Waals surface area contributed by atoms with Crippen LogP contribution in [0.2, 0.25) is 0 Å². The summed E-state index contributed by atoms with van der Waals surface area (Å²) in [4.78, 5) is 24.6. The summed E-state index contributed by atoms with van der Waals surface area (Å²) in [6, 6.07) is 12.9. The molecule has 0 amide bonds. The van der Waals surface area contributed by atoms with Crippen molar-refractivity contribution >= 4 is 11.6 Å². The Morgan fingerprint density at radius 1 is 0.708 bits per heavy atom. The standard InChI is InChI=1S/C20H18O4/c1-3-13-23-17-9-5-15(6-10-17)19(21)20(22)16-7-11-18(12-8-16)24-14-4-2/h3-12H,1-2,13-14H2. The van der Waals surface area contributed by atoms with Crippen LogP contribution in [0.15, 0.2) is 73.8 Å². The van der Waals surface area contributed by atoms with Gasteiger partial charge in [0.2, 0.25) is 11.6 Å². The van der Waals surface area contributed by atoms with Crippen LogP contribution in [-0.4, -0.2) is 24.8 Å². The normalized spacial score (nSPS) is 9.83. The maximum absolute atomic E-state index is 12.3.